The summed E-state index contributed by atoms with van der Waals surface area (Å²) in [6.07, 6.45) is 0. The number of primary amides is 1. The van der Waals surface area contributed by atoms with Crippen molar-refractivity contribution in [2.45, 2.75) is 27.7 Å². The molecule has 1 rings (SSSR count). The number of carbonyl (C=O) groups excluding carboxylic acids is 1. The number of rotatable bonds is 6. The van der Waals surface area contributed by atoms with E-state index in [-0.39, 0.29) is 0 Å². The molecule has 0 spiro atoms. The summed E-state index contributed by atoms with van der Waals surface area (Å²) in [5, 5.41) is 0. The van der Waals surface area contributed by atoms with Crippen molar-refractivity contribution in [3.8, 4) is 0 Å². The van der Waals surface area contributed by atoms with Crippen LogP contribution in [0.4, 0.5) is 11.4 Å². The topological polar surface area (TPSA) is 72.3 Å². The Morgan fingerprint density at radius 2 is 1.68 bits per heavy atom. The molecule has 0 aliphatic rings. The van der Waals surface area contributed by atoms with Gasteiger partial charge in [-0.2, -0.15) is 0 Å². The fourth-order valence-corrected chi connectivity index (χ4v) is 2.25. The number of anilines is 2. The summed E-state index contributed by atoms with van der Waals surface area (Å²) < 4.78 is 0. The molecule has 0 bridgehead atoms. The maximum atomic E-state index is 11.6. The van der Waals surface area contributed by atoms with E-state index in [4.69, 9.17) is 11.5 Å². The molecule has 4 heteroatoms. The van der Waals surface area contributed by atoms with E-state index in [1.807, 2.05) is 6.07 Å². The number of nitrogens with zero attached hydrogens (tertiary/aromatic N) is 1. The van der Waals surface area contributed by atoms with Gasteiger partial charge in [0.05, 0.1) is 16.9 Å². The number of nitrogens with two attached hydrogens (primary N) is 2. The van der Waals surface area contributed by atoms with Gasteiger partial charge in [0, 0.05) is 13.1 Å². The van der Waals surface area contributed by atoms with Crippen LogP contribution in [0.5, 0.6) is 0 Å². The molecule has 4 N–H and O–H groups in total. The molecule has 0 saturated heterocycles. The summed E-state index contributed by atoms with van der Waals surface area (Å²) in [4.78, 5) is 13.8. The van der Waals surface area contributed by atoms with Crippen LogP contribution >= 0.6 is 0 Å². The van der Waals surface area contributed by atoms with Gasteiger partial charge in [-0.05, 0) is 24.0 Å². The third-order valence-electron chi connectivity index (χ3n) is 2.82. The lowest BCUT2D eigenvalue weighted by Gasteiger charge is -2.31. The second kappa shape index (κ2) is 6.45. The van der Waals surface area contributed by atoms with Gasteiger partial charge in [-0.15, -0.1) is 0 Å². The van der Waals surface area contributed by atoms with E-state index in [0.29, 0.717) is 23.1 Å². The van der Waals surface area contributed by atoms with Crippen molar-refractivity contribution in [2.75, 3.05) is 23.7 Å². The van der Waals surface area contributed by atoms with Crippen LogP contribution in [-0.4, -0.2) is 19.0 Å². The lowest BCUT2D eigenvalue weighted by atomic mass is 10.1. The number of nitrogen functional groups attached to an aromatic ring is 1. The normalized spacial score (nSPS) is 11.1. The zero-order valence-electron chi connectivity index (χ0n) is 12.3. The molecular formula is C15H25N3O. The number of para-hydroxylation sites is 1. The highest BCUT2D eigenvalue weighted by atomic mass is 16.1. The van der Waals surface area contributed by atoms with Crippen LogP contribution in [0, 0.1) is 11.8 Å². The largest absolute Gasteiger partial charge is 0.397 e. The molecule has 0 aromatic heterocycles. The number of hydrogen-bond donors (Lipinski definition) is 2. The highest BCUT2D eigenvalue weighted by Crippen LogP contribution is 2.29. The van der Waals surface area contributed by atoms with Crippen LogP contribution < -0.4 is 16.4 Å². The Morgan fingerprint density at radius 3 is 2.11 bits per heavy atom. The summed E-state index contributed by atoms with van der Waals surface area (Å²) in [6, 6.07) is 5.32. The molecule has 106 valence electrons. The molecule has 0 atom stereocenters. The van der Waals surface area contributed by atoms with E-state index in [0.717, 1.165) is 18.8 Å². The maximum absolute atomic E-state index is 11.6. The smallest absolute Gasteiger partial charge is 0.250 e. The Balaban J connectivity index is 3.23. The molecule has 0 fully saturated rings. The first-order chi connectivity index (χ1) is 8.82. The Morgan fingerprint density at radius 1 is 1.16 bits per heavy atom. The van der Waals surface area contributed by atoms with Crippen molar-refractivity contribution in [2.24, 2.45) is 17.6 Å². The molecule has 1 amide bonds. The summed E-state index contributed by atoms with van der Waals surface area (Å²) >= 11 is 0. The van der Waals surface area contributed by atoms with Gasteiger partial charge in [0.25, 0.3) is 5.91 Å². The number of hydrogen-bond acceptors (Lipinski definition) is 3. The molecule has 0 heterocycles. The molecule has 0 unspecified atom stereocenters. The Labute approximate surface area is 115 Å². The van der Waals surface area contributed by atoms with Gasteiger partial charge in [0.15, 0.2) is 0 Å². The zero-order valence-corrected chi connectivity index (χ0v) is 12.3. The molecule has 19 heavy (non-hydrogen) atoms. The third-order valence-corrected chi connectivity index (χ3v) is 2.82. The van der Waals surface area contributed by atoms with E-state index >= 15 is 0 Å². The van der Waals surface area contributed by atoms with E-state index in [1.54, 1.807) is 12.1 Å². The Bertz CT molecular complexity index is 431. The number of benzene rings is 1. The average Bonchev–Trinajstić information content (AvgIpc) is 2.26. The van der Waals surface area contributed by atoms with Crippen LogP contribution in [-0.2, 0) is 0 Å². The van der Waals surface area contributed by atoms with Crippen molar-refractivity contribution < 1.29 is 4.79 Å². The van der Waals surface area contributed by atoms with Gasteiger partial charge in [-0.3, -0.25) is 4.79 Å². The minimum Gasteiger partial charge on any atom is -0.397 e. The standard InChI is InChI=1S/C15H25N3O/c1-10(2)8-18(9-11(3)4)14-12(15(17)19)6-5-7-13(14)16/h5-7,10-11H,8-9,16H2,1-4H3,(H2,17,19). The highest BCUT2D eigenvalue weighted by Gasteiger charge is 2.19. The first kappa shape index (κ1) is 15.3. The van der Waals surface area contributed by atoms with Gasteiger partial charge in [-0.1, -0.05) is 33.8 Å². The quantitative estimate of drug-likeness (QED) is 0.774. The van der Waals surface area contributed by atoms with Crippen molar-refractivity contribution in [1.82, 2.24) is 0 Å². The lowest BCUT2D eigenvalue weighted by molar-refractivity contribution is 0.100. The fourth-order valence-electron chi connectivity index (χ4n) is 2.25. The van der Waals surface area contributed by atoms with Crippen LogP contribution in [0.3, 0.4) is 0 Å². The summed E-state index contributed by atoms with van der Waals surface area (Å²) in [6.45, 7) is 10.3. The second-order valence-electron chi connectivity index (χ2n) is 5.80. The number of amides is 1. The van der Waals surface area contributed by atoms with E-state index < -0.39 is 5.91 Å². The molecular weight excluding hydrogens is 238 g/mol. The minimum absolute atomic E-state index is 0.431. The maximum Gasteiger partial charge on any atom is 0.250 e. The molecule has 0 aliphatic carbocycles. The molecule has 0 aliphatic heterocycles. The predicted octanol–water partition coefficient (Wildman–Crippen LogP) is 2.49. The van der Waals surface area contributed by atoms with Gasteiger partial charge in [-0.25, -0.2) is 0 Å². The molecule has 0 saturated carbocycles. The van der Waals surface area contributed by atoms with Crippen LogP contribution in [0.1, 0.15) is 38.1 Å². The first-order valence-electron chi connectivity index (χ1n) is 6.76. The molecule has 1 aromatic carbocycles. The minimum atomic E-state index is -0.431. The van der Waals surface area contributed by atoms with Gasteiger partial charge < -0.3 is 16.4 Å². The Hall–Kier alpha value is -1.71. The average molecular weight is 263 g/mol. The summed E-state index contributed by atoms with van der Waals surface area (Å²) in [7, 11) is 0. The fraction of sp³-hybridized carbons (Fsp3) is 0.533. The van der Waals surface area contributed by atoms with Crippen molar-refractivity contribution in [3.63, 3.8) is 0 Å². The number of carbonyl (C=O) groups is 1. The highest BCUT2D eigenvalue weighted by molar-refractivity contribution is 6.01. The Kier molecular flexibility index (Phi) is 5.21. The van der Waals surface area contributed by atoms with Crippen LogP contribution in [0.25, 0.3) is 0 Å². The van der Waals surface area contributed by atoms with Crippen molar-refractivity contribution in [1.29, 1.82) is 0 Å². The van der Waals surface area contributed by atoms with Crippen LogP contribution in [0.15, 0.2) is 18.2 Å². The van der Waals surface area contributed by atoms with Crippen molar-refractivity contribution in [3.05, 3.63) is 23.8 Å². The SMILES string of the molecule is CC(C)CN(CC(C)C)c1c(N)cccc1C(N)=O. The molecule has 0 radical (unpaired) electrons. The van der Waals surface area contributed by atoms with Gasteiger partial charge in [0.1, 0.15) is 0 Å². The van der Waals surface area contributed by atoms with E-state index in [2.05, 4.69) is 32.6 Å². The summed E-state index contributed by atoms with van der Waals surface area (Å²) in [5.74, 6) is 0.540. The van der Waals surface area contributed by atoms with Gasteiger partial charge >= 0.3 is 0 Å². The van der Waals surface area contributed by atoms with E-state index in [1.165, 1.54) is 0 Å². The van der Waals surface area contributed by atoms with Crippen LogP contribution in [0.2, 0.25) is 0 Å². The predicted molar refractivity (Wildman–Crippen MR) is 81.3 cm³/mol. The molecule has 4 nitrogen and oxygen atoms in total. The monoisotopic (exact) mass is 263 g/mol. The zero-order chi connectivity index (χ0) is 14.6. The van der Waals surface area contributed by atoms with Crippen molar-refractivity contribution >= 4 is 17.3 Å². The summed E-state index contributed by atoms with van der Waals surface area (Å²) in [5.41, 5.74) is 13.4. The molecule has 1 aromatic rings. The first-order valence-corrected chi connectivity index (χ1v) is 6.76. The van der Waals surface area contributed by atoms with Gasteiger partial charge in [0.2, 0.25) is 0 Å². The third kappa shape index (κ3) is 4.16. The lowest BCUT2D eigenvalue weighted by Crippen LogP contribution is -2.33. The van der Waals surface area contributed by atoms with E-state index in [9.17, 15) is 4.79 Å². The second-order valence-corrected chi connectivity index (χ2v) is 5.80.